The average Bonchev–Trinajstić information content (AvgIpc) is 3.62. The Labute approximate surface area is 270 Å². The van der Waals surface area contributed by atoms with Gasteiger partial charge in [-0.15, -0.1) is 11.6 Å². The van der Waals surface area contributed by atoms with Gasteiger partial charge in [-0.2, -0.15) is 0 Å². The number of carbonyl (C=O) groups is 1. The quantitative estimate of drug-likeness (QED) is 0.237. The Morgan fingerprint density at radius 1 is 1.09 bits per heavy atom. The molecule has 2 aromatic carbocycles. The Bertz CT molecular complexity index is 2570. The summed E-state index contributed by atoms with van der Waals surface area (Å²) in [5.74, 6) is -2.23. The molecule has 0 bridgehead atoms. The lowest BCUT2D eigenvalue weighted by atomic mass is 10.0. The molecule has 4 heterocycles. The first-order chi connectivity index (χ1) is 22.4. The monoisotopic (exact) mass is 679 g/mol. The molecule has 1 aliphatic carbocycles. The first kappa shape index (κ1) is 30.8. The maximum absolute atomic E-state index is 15.0. The van der Waals surface area contributed by atoms with Gasteiger partial charge in [-0.1, -0.05) is 6.08 Å². The van der Waals surface area contributed by atoms with Gasteiger partial charge in [-0.25, -0.2) is 31.6 Å². The molecule has 0 fully saturated rings. The van der Waals surface area contributed by atoms with Crippen molar-refractivity contribution in [2.24, 2.45) is 0 Å². The smallest absolute Gasteiger partial charge is 0.255 e. The second-order valence-electron chi connectivity index (χ2n) is 11.1. The van der Waals surface area contributed by atoms with Crippen LogP contribution in [0.1, 0.15) is 29.0 Å². The Hall–Kier alpha value is -4.88. The molecule has 1 N–H and O–H groups in total. The van der Waals surface area contributed by atoms with Gasteiger partial charge in [-0.05, 0) is 42.8 Å². The van der Waals surface area contributed by atoms with Crippen LogP contribution in [-0.2, 0) is 15.9 Å². The predicted octanol–water partition coefficient (Wildman–Crippen LogP) is 5.39. The number of anilines is 1. The summed E-state index contributed by atoms with van der Waals surface area (Å²) in [5.41, 5.74) is 2.08. The number of alkyl halides is 1. The van der Waals surface area contributed by atoms with Crippen molar-refractivity contribution in [1.82, 2.24) is 19.7 Å². The van der Waals surface area contributed by atoms with E-state index in [1.807, 2.05) is 6.08 Å². The number of benzene rings is 2. The normalized spacial score (nSPS) is 13.3. The van der Waals surface area contributed by atoms with Gasteiger partial charge in [0.2, 0.25) is 10.0 Å². The SMILES string of the molecule is CNC(=O)c1c(-c2ccc(F)cc2F)oc2cc(N(C)S(C)(=O)=O)c(-c3ccc4nc(CCl)n5c6c(cc5c4n3)=C(F)CCC=6)cc12. The van der Waals surface area contributed by atoms with Gasteiger partial charge >= 0.3 is 0 Å². The van der Waals surface area contributed by atoms with Crippen LogP contribution < -0.4 is 20.2 Å². The summed E-state index contributed by atoms with van der Waals surface area (Å²) in [6.07, 6.45) is 3.74. The Morgan fingerprint density at radius 2 is 1.87 bits per heavy atom. The van der Waals surface area contributed by atoms with Crippen molar-refractivity contribution in [2.75, 3.05) is 24.7 Å². The summed E-state index contributed by atoms with van der Waals surface area (Å²) in [4.78, 5) is 22.8. The number of nitrogens with zero attached hydrogens (tertiary/aromatic N) is 4. The molecule has 1 amide bonds. The Kier molecular flexibility index (Phi) is 7.28. The molecule has 14 heteroatoms. The van der Waals surface area contributed by atoms with Crippen LogP contribution >= 0.6 is 11.6 Å². The van der Waals surface area contributed by atoms with E-state index in [-0.39, 0.29) is 51.7 Å². The molecule has 9 nitrogen and oxygen atoms in total. The van der Waals surface area contributed by atoms with Gasteiger partial charge in [0.1, 0.15) is 34.4 Å². The topological polar surface area (TPSA) is 110 Å². The van der Waals surface area contributed by atoms with Crippen LogP contribution in [0.25, 0.3) is 62.0 Å². The molecule has 0 radical (unpaired) electrons. The van der Waals surface area contributed by atoms with E-state index in [0.29, 0.717) is 56.7 Å². The number of furan rings is 1. The molecule has 0 atom stereocenters. The third-order valence-electron chi connectivity index (χ3n) is 8.33. The van der Waals surface area contributed by atoms with Crippen LogP contribution in [0.3, 0.4) is 0 Å². The maximum Gasteiger partial charge on any atom is 0.255 e. The highest BCUT2D eigenvalue weighted by Gasteiger charge is 2.28. The van der Waals surface area contributed by atoms with E-state index < -0.39 is 27.6 Å². The zero-order chi connectivity index (χ0) is 33.4. The van der Waals surface area contributed by atoms with Crippen molar-refractivity contribution in [3.63, 3.8) is 0 Å². The summed E-state index contributed by atoms with van der Waals surface area (Å²) in [6.45, 7) is 0. The third-order valence-corrected chi connectivity index (χ3v) is 9.76. The number of pyridine rings is 1. The van der Waals surface area contributed by atoms with E-state index in [9.17, 15) is 26.4 Å². The minimum atomic E-state index is -3.83. The van der Waals surface area contributed by atoms with Crippen LogP contribution in [0.15, 0.2) is 52.9 Å². The molecule has 1 aliphatic rings. The average molecular weight is 680 g/mol. The summed E-state index contributed by atoms with van der Waals surface area (Å²) in [6, 6.07) is 10.9. The van der Waals surface area contributed by atoms with Crippen molar-refractivity contribution in [2.45, 2.75) is 18.7 Å². The summed E-state index contributed by atoms with van der Waals surface area (Å²) in [5, 5.41) is 3.82. The molecular weight excluding hydrogens is 655 g/mol. The highest BCUT2D eigenvalue weighted by molar-refractivity contribution is 7.92. The highest BCUT2D eigenvalue weighted by atomic mass is 35.5. The lowest BCUT2D eigenvalue weighted by molar-refractivity contribution is 0.0964. The van der Waals surface area contributed by atoms with E-state index in [2.05, 4.69) is 10.3 Å². The van der Waals surface area contributed by atoms with Gasteiger partial charge < -0.3 is 9.73 Å². The molecule has 0 aliphatic heterocycles. The number of hydrogen-bond acceptors (Lipinski definition) is 6. The number of rotatable bonds is 6. The van der Waals surface area contributed by atoms with Crippen molar-refractivity contribution >= 4 is 72.6 Å². The first-order valence-electron chi connectivity index (χ1n) is 14.4. The number of fused-ring (bicyclic) bond motifs is 6. The fraction of sp³-hybridized carbons (Fsp3) is 0.182. The van der Waals surface area contributed by atoms with E-state index in [0.717, 1.165) is 22.7 Å². The molecule has 4 aromatic heterocycles. The van der Waals surface area contributed by atoms with Crippen LogP contribution in [0.2, 0.25) is 0 Å². The number of hydrogen-bond donors (Lipinski definition) is 1. The molecule has 7 rings (SSSR count). The number of nitrogens with one attached hydrogen (secondary N) is 1. The molecule has 6 aromatic rings. The van der Waals surface area contributed by atoms with Gasteiger partial charge in [0, 0.05) is 48.8 Å². The number of sulfonamides is 1. The largest absolute Gasteiger partial charge is 0.455 e. The fourth-order valence-electron chi connectivity index (χ4n) is 6.02. The first-order valence-corrected chi connectivity index (χ1v) is 16.8. The standard InChI is InChI=1S/C33H25ClF3N5O4S/c1-38-33(43)30-20-12-19(26(41(2)47(3,44)45)14-28(20)46-32(30)17-8-7-16(35)11-22(17)37)23-9-10-24-31(40-23)27-13-18-21(36)5-4-6-25(18)42(27)29(15-34)39-24/h6-14H,4-5,15H2,1-3H3,(H,38,43). The molecule has 0 spiro atoms. The molecule has 47 heavy (non-hydrogen) atoms. The second-order valence-corrected chi connectivity index (χ2v) is 13.4. The maximum atomic E-state index is 15.0. The van der Waals surface area contributed by atoms with Crippen LogP contribution in [-0.4, -0.2) is 49.0 Å². The summed E-state index contributed by atoms with van der Waals surface area (Å²) < 4.78 is 78.2. The number of carbonyl (C=O) groups excluding carboxylic acids is 1. The van der Waals surface area contributed by atoms with Crippen LogP contribution in [0, 0.1) is 11.6 Å². The van der Waals surface area contributed by atoms with Gasteiger partial charge in [0.25, 0.3) is 5.91 Å². The van der Waals surface area contributed by atoms with Crippen LogP contribution in [0.4, 0.5) is 18.9 Å². The van der Waals surface area contributed by atoms with Crippen molar-refractivity contribution in [1.29, 1.82) is 0 Å². The lowest BCUT2D eigenvalue weighted by Gasteiger charge is -2.20. The Morgan fingerprint density at radius 3 is 2.57 bits per heavy atom. The highest BCUT2D eigenvalue weighted by Crippen LogP contribution is 2.42. The van der Waals surface area contributed by atoms with Gasteiger partial charge in [-0.3, -0.25) is 13.5 Å². The molecule has 0 saturated heterocycles. The summed E-state index contributed by atoms with van der Waals surface area (Å²) >= 11 is 6.27. The van der Waals surface area contributed by atoms with Gasteiger partial charge in [0.15, 0.2) is 5.76 Å². The number of amides is 1. The van der Waals surface area contributed by atoms with E-state index >= 15 is 0 Å². The minimum absolute atomic E-state index is 0.0415. The molecule has 0 saturated carbocycles. The van der Waals surface area contributed by atoms with E-state index in [4.69, 9.17) is 21.0 Å². The summed E-state index contributed by atoms with van der Waals surface area (Å²) in [7, 11) is -1.09. The second kappa shape index (κ2) is 11.1. The zero-order valence-corrected chi connectivity index (χ0v) is 26.7. The van der Waals surface area contributed by atoms with E-state index in [1.165, 1.54) is 20.2 Å². The fourth-order valence-corrected chi connectivity index (χ4v) is 6.70. The third kappa shape index (κ3) is 4.92. The zero-order valence-electron chi connectivity index (χ0n) is 25.2. The minimum Gasteiger partial charge on any atom is -0.455 e. The van der Waals surface area contributed by atoms with Crippen LogP contribution in [0.5, 0.6) is 0 Å². The van der Waals surface area contributed by atoms with Crippen molar-refractivity contribution in [3.8, 4) is 22.6 Å². The predicted molar refractivity (Wildman–Crippen MR) is 175 cm³/mol. The number of aromatic nitrogens is 3. The van der Waals surface area contributed by atoms with Crippen molar-refractivity contribution < 1.29 is 30.8 Å². The number of halogens is 4. The Balaban J connectivity index is 1.57. The molecule has 240 valence electrons. The van der Waals surface area contributed by atoms with E-state index in [1.54, 1.807) is 28.7 Å². The lowest BCUT2D eigenvalue weighted by Crippen LogP contribution is -2.30. The molecule has 0 unspecified atom stereocenters. The molecular formula is C33H25ClF3N5O4S. The van der Waals surface area contributed by atoms with Crippen molar-refractivity contribution in [3.05, 3.63) is 82.1 Å². The van der Waals surface area contributed by atoms with Gasteiger partial charge in [0.05, 0.1) is 51.0 Å².